The molecule has 3 unspecified atom stereocenters. The Morgan fingerprint density at radius 1 is 1.00 bits per heavy atom. The van der Waals surface area contributed by atoms with E-state index in [1.54, 1.807) is 6.07 Å². The van der Waals surface area contributed by atoms with Gasteiger partial charge in [0.05, 0.1) is 5.56 Å². The molecule has 0 radical (unpaired) electrons. The maximum Gasteiger partial charge on any atom is 0.137 e. The number of benzene rings is 2. The van der Waals surface area contributed by atoms with Crippen LogP contribution in [0.25, 0.3) is 11.1 Å². The summed E-state index contributed by atoms with van der Waals surface area (Å²) in [4.78, 5) is 0. The Morgan fingerprint density at radius 3 is 2.50 bits per heavy atom. The van der Waals surface area contributed by atoms with Crippen molar-refractivity contribution in [3.05, 3.63) is 71.1 Å². The monoisotopic (exact) mass is 356 g/mol. The molecule has 0 aliphatic heterocycles. The fourth-order valence-electron chi connectivity index (χ4n) is 4.95. The van der Waals surface area contributed by atoms with E-state index >= 15 is 4.39 Å². The van der Waals surface area contributed by atoms with Gasteiger partial charge in [0, 0.05) is 0 Å². The minimum Gasteiger partial charge on any atom is -0.207 e. The summed E-state index contributed by atoms with van der Waals surface area (Å²) in [5.74, 6) is -0.0478. The first-order valence-electron chi connectivity index (χ1n) is 9.48. The molecule has 1 saturated carbocycles. The molecule has 2 aliphatic rings. The summed E-state index contributed by atoms with van der Waals surface area (Å²) >= 11 is 0. The molecule has 0 bridgehead atoms. The van der Waals surface area contributed by atoms with Crippen molar-refractivity contribution in [3.63, 3.8) is 0 Å². The van der Waals surface area contributed by atoms with Gasteiger partial charge in [-0.3, -0.25) is 0 Å². The van der Waals surface area contributed by atoms with E-state index in [1.165, 1.54) is 24.3 Å². The topological polar surface area (TPSA) is 0 Å². The van der Waals surface area contributed by atoms with Gasteiger partial charge < -0.3 is 0 Å². The third-order valence-electron chi connectivity index (χ3n) is 6.14. The summed E-state index contributed by atoms with van der Waals surface area (Å²) in [5, 5.41) is 0. The molecule has 3 atom stereocenters. The Hall–Kier alpha value is -2.03. The summed E-state index contributed by atoms with van der Waals surface area (Å²) in [7, 11) is 0. The molecule has 2 aromatic carbocycles. The number of hydrogen-bond donors (Lipinski definition) is 0. The van der Waals surface area contributed by atoms with E-state index in [2.05, 4.69) is 12.2 Å². The second-order valence-electron chi connectivity index (χ2n) is 7.63. The first-order valence-corrected chi connectivity index (χ1v) is 9.48. The van der Waals surface area contributed by atoms with Crippen LogP contribution >= 0.6 is 0 Å². The summed E-state index contributed by atoms with van der Waals surface area (Å²) in [6.07, 6.45) is 9.16. The number of rotatable bonds is 2. The van der Waals surface area contributed by atoms with Crippen molar-refractivity contribution in [2.75, 3.05) is 0 Å². The molecule has 0 saturated heterocycles. The largest absolute Gasteiger partial charge is 0.207 e. The highest BCUT2D eigenvalue weighted by molar-refractivity contribution is 5.67. The lowest BCUT2D eigenvalue weighted by atomic mass is 9.65. The van der Waals surface area contributed by atoms with E-state index in [9.17, 15) is 8.78 Å². The van der Waals surface area contributed by atoms with Crippen molar-refractivity contribution < 1.29 is 13.2 Å². The molecule has 4 rings (SSSR count). The van der Waals surface area contributed by atoms with Crippen LogP contribution in [-0.4, -0.2) is 0 Å². The number of allylic oxidation sites excluding steroid dienone is 2. The lowest BCUT2D eigenvalue weighted by molar-refractivity contribution is 0.234. The van der Waals surface area contributed by atoms with Gasteiger partial charge in [-0.25, -0.2) is 13.2 Å². The maximum absolute atomic E-state index is 15.2. The lowest BCUT2D eigenvalue weighted by Gasteiger charge is -2.40. The quantitative estimate of drug-likeness (QED) is 0.520. The van der Waals surface area contributed by atoms with Crippen LogP contribution in [0.1, 0.15) is 49.7 Å². The van der Waals surface area contributed by atoms with Crippen molar-refractivity contribution in [2.24, 2.45) is 11.8 Å². The summed E-state index contributed by atoms with van der Waals surface area (Å²) < 4.78 is 43.2. The zero-order valence-electron chi connectivity index (χ0n) is 14.9. The van der Waals surface area contributed by atoms with Gasteiger partial charge in [0.2, 0.25) is 0 Å². The van der Waals surface area contributed by atoms with Crippen molar-refractivity contribution in [2.45, 2.75) is 44.9 Å². The Balaban J connectivity index is 1.72. The molecular weight excluding hydrogens is 333 g/mol. The molecule has 0 amide bonds. The summed E-state index contributed by atoms with van der Waals surface area (Å²) in [6.45, 7) is 2.05. The fraction of sp³-hybridized carbons (Fsp3) is 0.391. The molecule has 0 aromatic heterocycles. The van der Waals surface area contributed by atoms with Crippen LogP contribution in [0.3, 0.4) is 0 Å². The second kappa shape index (κ2) is 6.94. The molecule has 3 heteroatoms. The molecule has 136 valence electrons. The fourth-order valence-corrected chi connectivity index (χ4v) is 4.95. The van der Waals surface area contributed by atoms with Crippen LogP contribution in [0, 0.1) is 29.3 Å². The number of hydrogen-bond acceptors (Lipinski definition) is 0. The third-order valence-corrected chi connectivity index (χ3v) is 6.14. The van der Waals surface area contributed by atoms with Crippen LogP contribution in [0.2, 0.25) is 0 Å². The highest BCUT2D eigenvalue weighted by Gasteiger charge is 2.37. The Labute approximate surface area is 152 Å². The molecule has 0 heterocycles. The van der Waals surface area contributed by atoms with Gasteiger partial charge in [-0.1, -0.05) is 24.3 Å². The van der Waals surface area contributed by atoms with Gasteiger partial charge in [0.15, 0.2) is 0 Å². The lowest BCUT2D eigenvalue weighted by Crippen LogP contribution is -2.28. The van der Waals surface area contributed by atoms with E-state index in [0.717, 1.165) is 31.2 Å². The number of fused-ring (bicyclic) bond motifs is 3. The van der Waals surface area contributed by atoms with Crippen LogP contribution in [-0.2, 0) is 6.42 Å². The number of halogens is 3. The van der Waals surface area contributed by atoms with Gasteiger partial charge >= 0.3 is 0 Å². The molecule has 0 spiro atoms. The standard InChI is InChI=1S/C23H23F3/c1-2-3-14-4-10-18-16(12-14)7-11-19-20(18)13-21(25)22(23(19)26)15-5-8-17(24)9-6-15/h2-3,5-6,8-9,13-14,16,18H,4,7,10-12H2,1H3. The van der Waals surface area contributed by atoms with Crippen molar-refractivity contribution >= 4 is 0 Å². The predicted octanol–water partition coefficient (Wildman–Crippen LogP) is 6.79. The van der Waals surface area contributed by atoms with Gasteiger partial charge in [-0.15, -0.1) is 0 Å². The van der Waals surface area contributed by atoms with E-state index in [0.29, 0.717) is 29.4 Å². The van der Waals surface area contributed by atoms with Crippen LogP contribution < -0.4 is 0 Å². The Kier molecular flexibility index (Phi) is 4.64. The zero-order valence-corrected chi connectivity index (χ0v) is 14.9. The average molecular weight is 356 g/mol. The SMILES string of the molecule is CC=CC1CCC2c3cc(F)c(-c4ccc(F)cc4)c(F)c3CCC2C1. The highest BCUT2D eigenvalue weighted by atomic mass is 19.1. The summed E-state index contributed by atoms with van der Waals surface area (Å²) in [5.41, 5.74) is 1.89. The predicted molar refractivity (Wildman–Crippen MR) is 98.5 cm³/mol. The molecule has 2 aliphatic carbocycles. The first-order chi connectivity index (χ1) is 12.6. The Bertz CT molecular complexity index is 836. The molecule has 0 nitrogen and oxygen atoms in total. The van der Waals surface area contributed by atoms with E-state index in [1.807, 2.05) is 6.92 Å². The smallest absolute Gasteiger partial charge is 0.137 e. The molecular formula is C23H23F3. The third kappa shape index (κ3) is 2.98. The minimum atomic E-state index is -0.538. The van der Waals surface area contributed by atoms with Gasteiger partial charge in [-0.05, 0) is 91.7 Å². The average Bonchev–Trinajstić information content (AvgIpc) is 2.63. The normalized spacial score (nSPS) is 25.2. The first kappa shape index (κ1) is 17.4. The highest BCUT2D eigenvalue weighted by Crippen LogP contribution is 2.49. The van der Waals surface area contributed by atoms with Crippen molar-refractivity contribution in [1.29, 1.82) is 0 Å². The summed E-state index contributed by atoms with van der Waals surface area (Å²) in [6, 6.07) is 6.91. The molecule has 1 fully saturated rings. The van der Waals surface area contributed by atoms with E-state index in [-0.39, 0.29) is 11.5 Å². The van der Waals surface area contributed by atoms with Gasteiger partial charge in [-0.2, -0.15) is 0 Å². The van der Waals surface area contributed by atoms with E-state index in [4.69, 9.17) is 0 Å². The van der Waals surface area contributed by atoms with Gasteiger partial charge in [0.25, 0.3) is 0 Å². The Morgan fingerprint density at radius 2 is 1.77 bits per heavy atom. The van der Waals surface area contributed by atoms with Crippen molar-refractivity contribution in [1.82, 2.24) is 0 Å². The molecule has 0 N–H and O–H groups in total. The van der Waals surface area contributed by atoms with Crippen LogP contribution in [0.4, 0.5) is 13.2 Å². The van der Waals surface area contributed by atoms with Crippen LogP contribution in [0.15, 0.2) is 42.5 Å². The molecule has 26 heavy (non-hydrogen) atoms. The minimum absolute atomic E-state index is 0.0233. The van der Waals surface area contributed by atoms with Crippen LogP contribution in [0.5, 0.6) is 0 Å². The van der Waals surface area contributed by atoms with Gasteiger partial charge in [0.1, 0.15) is 17.5 Å². The van der Waals surface area contributed by atoms with Crippen molar-refractivity contribution in [3.8, 4) is 11.1 Å². The second-order valence-corrected chi connectivity index (χ2v) is 7.63. The zero-order chi connectivity index (χ0) is 18.3. The molecule has 2 aromatic rings. The maximum atomic E-state index is 15.2. The van der Waals surface area contributed by atoms with E-state index < -0.39 is 17.5 Å².